The van der Waals surface area contributed by atoms with Crippen molar-refractivity contribution < 1.29 is 39.9 Å². The molecule has 1 aromatic heterocycles. The topological polar surface area (TPSA) is 222 Å². The Morgan fingerprint density at radius 2 is 1.82 bits per heavy atom. The molecule has 13 nitrogen and oxygen atoms in total. The fourth-order valence-corrected chi connectivity index (χ4v) is 17.5. The minimum absolute atomic E-state index is 0.00807. The number of rotatable bonds is 16. The summed E-state index contributed by atoms with van der Waals surface area (Å²) in [5.74, 6) is 8.77. The van der Waals surface area contributed by atoms with Gasteiger partial charge in [-0.05, 0) is 187 Å². The third-order valence-electron chi connectivity index (χ3n) is 21.0. The van der Waals surface area contributed by atoms with E-state index >= 15 is 4.79 Å². The lowest BCUT2D eigenvalue weighted by atomic mass is 9.41. The number of Topliss-reactive ketones (excluding diaryl/α,β-unsaturated/α-hetero) is 2. The largest absolute Gasteiger partial charge is 0.504 e. The van der Waals surface area contributed by atoms with Crippen LogP contribution in [0.3, 0.4) is 0 Å². The Kier molecular flexibility index (Phi) is 15.0. The summed E-state index contributed by atoms with van der Waals surface area (Å²) in [6.07, 6.45) is 9.86. The zero-order valence-corrected chi connectivity index (χ0v) is 46.1. The van der Waals surface area contributed by atoms with Crippen LogP contribution in [0.4, 0.5) is 0 Å². The van der Waals surface area contributed by atoms with Gasteiger partial charge in [0.15, 0.2) is 17.3 Å². The van der Waals surface area contributed by atoms with Gasteiger partial charge in [0.05, 0.1) is 31.2 Å². The maximum absolute atomic E-state index is 15.1. The first-order valence-electron chi connectivity index (χ1n) is 29.7. The van der Waals surface area contributed by atoms with Crippen LogP contribution in [0.5, 0.6) is 11.5 Å². The van der Waals surface area contributed by atoms with Gasteiger partial charge in [-0.3, -0.25) is 9.59 Å². The number of carbonyl (C=O) groups excluding carboxylic acids is 2. The number of ether oxygens (including phenoxy) is 1. The number of aromatic nitrogens is 1. The minimum Gasteiger partial charge on any atom is -0.504 e. The van der Waals surface area contributed by atoms with Crippen molar-refractivity contribution in [2.75, 3.05) is 39.9 Å². The highest BCUT2D eigenvalue weighted by Gasteiger charge is 2.65. The van der Waals surface area contributed by atoms with Gasteiger partial charge in [0.2, 0.25) is 0 Å². The van der Waals surface area contributed by atoms with Crippen molar-refractivity contribution in [2.45, 2.75) is 133 Å². The van der Waals surface area contributed by atoms with Gasteiger partial charge in [-0.25, -0.2) is 0 Å². The van der Waals surface area contributed by atoms with Crippen LogP contribution in [0.2, 0.25) is 0 Å². The maximum Gasteiger partial charge on any atom is 0.160 e. The van der Waals surface area contributed by atoms with Crippen molar-refractivity contribution in [2.24, 2.45) is 58.5 Å². The smallest absolute Gasteiger partial charge is 0.160 e. The molecule has 4 aromatic rings. The van der Waals surface area contributed by atoms with Gasteiger partial charge >= 0.3 is 0 Å². The quantitative estimate of drug-likeness (QED) is 0.0491. The highest BCUT2D eigenvalue weighted by molar-refractivity contribution is 5.90. The minimum atomic E-state index is -1.38. The number of ketones is 2. The van der Waals surface area contributed by atoms with E-state index in [2.05, 4.69) is 95.3 Å². The standard InChI is InChI=1S/C66H81N5O8/c1-4-35-31-70-58(67)29-47(35)46(38-13-12-36-9-6-7-10-37(36)23-38)28-53(75)52(74)24-40-18-20-66(56(77)17-15-39-25-55(79-3)54(76)27-45(39)40)21-19-41(26-57(66)78)59-43(11-8-22-72)48-34-69-50-30-51(73)44-16-14-42-32-71-65-60(42)61(44)64(50)62(48)63(65)49(59)33-68-5-2/h6-7,9-10,12-14,16,23,25,27,29,32,40-41,43-44,46,48-50,52-53,57,59,61-64,68-72,74-76,78H,4-5,8,11,15,17,19,21-22,24,26,28,30-31,33-34,67H2,1-3H3. The third kappa shape index (κ3) is 9.36. The van der Waals surface area contributed by atoms with Crippen molar-refractivity contribution in [1.82, 2.24) is 20.9 Å². The van der Waals surface area contributed by atoms with E-state index in [0.717, 1.165) is 59.9 Å². The lowest BCUT2D eigenvalue weighted by Gasteiger charge is -2.65. The molecule has 0 amide bonds. The summed E-state index contributed by atoms with van der Waals surface area (Å²) in [5, 5.41) is 72.7. The van der Waals surface area contributed by atoms with Crippen LogP contribution in [-0.2, 0) is 16.0 Å². The van der Waals surface area contributed by atoms with Gasteiger partial charge in [0.1, 0.15) is 11.2 Å². The summed E-state index contributed by atoms with van der Waals surface area (Å²) in [5.41, 5.74) is 13.5. The molecule has 418 valence electrons. The zero-order chi connectivity index (χ0) is 54.9. The fourth-order valence-electron chi connectivity index (χ4n) is 17.5. The van der Waals surface area contributed by atoms with E-state index in [4.69, 9.17) is 10.5 Å². The molecule has 1 saturated heterocycles. The molecule has 3 saturated carbocycles. The molecule has 3 aromatic carbocycles. The van der Waals surface area contributed by atoms with Crippen LogP contribution in [0, 0.1) is 64.6 Å². The number of fused-ring (bicyclic) bond motifs is 3. The molecular weight excluding hydrogens is 991 g/mol. The molecule has 0 bridgehead atoms. The number of aryl methyl sites for hydroxylation is 1. The highest BCUT2D eigenvalue weighted by Crippen LogP contribution is 2.67. The fraction of sp³-hybridized carbons (Fsp3) is 0.545. The molecule has 13 heteroatoms. The van der Waals surface area contributed by atoms with Crippen LogP contribution in [-0.4, -0.2) is 106 Å². The van der Waals surface area contributed by atoms with Crippen LogP contribution < -0.4 is 26.4 Å². The molecule has 12 rings (SSSR count). The van der Waals surface area contributed by atoms with Gasteiger partial charge in [0, 0.05) is 73.5 Å². The molecule has 11 N–H and O–H groups in total. The molecule has 6 aliphatic carbocycles. The number of nitrogens with one attached hydrogen (secondary N) is 4. The average molecular weight is 1070 g/mol. The number of methoxy groups -OCH3 is 1. The second kappa shape index (κ2) is 22.0. The molecule has 17 unspecified atom stereocenters. The van der Waals surface area contributed by atoms with Gasteiger partial charge in [-0.15, -0.1) is 0 Å². The Morgan fingerprint density at radius 3 is 2.61 bits per heavy atom. The van der Waals surface area contributed by atoms with Gasteiger partial charge in [0.25, 0.3) is 0 Å². The number of aromatic amines is 1. The van der Waals surface area contributed by atoms with Crippen LogP contribution in [0.1, 0.15) is 135 Å². The number of aromatic hydroxyl groups is 1. The lowest BCUT2D eigenvalue weighted by molar-refractivity contribution is -0.142. The van der Waals surface area contributed by atoms with E-state index in [1.54, 1.807) is 12.1 Å². The summed E-state index contributed by atoms with van der Waals surface area (Å²) in [6.45, 7) is 7.38. The van der Waals surface area contributed by atoms with Gasteiger partial charge in [-0.2, -0.15) is 0 Å². The Hall–Kier alpha value is -5.72. The SMILES string of the molecule is CCNCC1C2c3[nH]cc4c3C3C(C=C4)C(=O)CC4NCC(C(CCCO)C1C1CCC5(C#CC(CC(O)C(O)CC(C6=C(CC)CNC(N)=C6)c6ccc7ccccc7c6)c6cc(O)c(OC)cc6CCC5=O)C(O)C1)C2C43. The molecule has 2 aliphatic heterocycles. The second-order valence-corrected chi connectivity index (χ2v) is 24.7. The number of aliphatic hydroxyl groups excluding tert-OH is 4. The van der Waals surface area contributed by atoms with E-state index in [-0.39, 0.29) is 96.5 Å². The molecule has 4 fully saturated rings. The number of dihydropyridines is 1. The number of carbonyl (C=O) groups is 2. The summed E-state index contributed by atoms with van der Waals surface area (Å²) < 4.78 is 5.60. The van der Waals surface area contributed by atoms with Crippen LogP contribution >= 0.6 is 0 Å². The Balaban J connectivity index is 0.875. The monoisotopic (exact) mass is 1070 g/mol. The first kappa shape index (κ1) is 53.9. The van der Waals surface area contributed by atoms with E-state index in [1.807, 2.05) is 18.2 Å². The number of H-pyrrole nitrogens is 1. The second-order valence-electron chi connectivity index (χ2n) is 24.7. The normalized spacial score (nSPS) is 33.5. The van der Waals surface area contributed by atoms with Gasteiger partial charge < -0.3 is 56.9 Å². The number of phenolic OH excluding ortho intramolecular Hbond substituents is 1. The highest BCUT2D eigenvalue weighted by atomic mass is 16.5. The lowest BCUT2D eigenvalue weighted by Crippen LogP contribution is -2.66. The summed E-state index contributed by atoms with van der Waals surface area (Å²) >= 11 is 0. The van der Waals surface area contributed by atoms with E-state index in [1.165, 1.54) is 29.5 Å². The summed E-state index contributed by atoms with van der Waals surface area (Å²) in [7, 11) is 1.49. The molecule has 17 atom stereocenters. The predicted octanol–water partition coefficient (Wildman–Crippen LogP) is 7.59. The van der Waals surface area contributed by atoms with E-state index < -0.39 is 29.6 Å². The van der Waals surface area contributed by atoms with Crippen LogP contribution in [0.15, 0.2) is 89.9 Å². The van der Waals surface area contributed by atoms with Crippen molar-refractivity contribution in [3.05, 3.63) is 123 Å². The predicted molar refractivity (Wildman–Crippen MR) is 306 cm³/mol. The van der Waals surface area contributed by atoms with Crippen molar-refractivity contribution in [3.63, 3.8) is 0 Å². The zero-order valence-electron chi connectivity index (χ0n) is 46.1. The number of benzene rings is 3. The summed E-state index contributed by atoms with van der Waals surface area (Å²) in [4.78, 5) is 32.8. The van der Waals surface area contributed by atoms with Crippen LogP contribution in [0.25, 0.3) is 16.8 Å². The molecule has 8 aliphatic rings. The average Bonchev–Trinajstić information content (AvgIpc) is 4.13. The maximum atomic E-state index is 15.1. The molecular formula is C66H81N5O8. The van der Waals surface area contributed by atoms with Gasteiger partial charge in [-0.1, -0.05) is 80.3 Å². The Morgan fingerprint density at radius 1 is 0.987 bits per heavy atom. The molecule has 0 radical (unpaired) electrons. The number of hydrogen-bond donors (Lipinski definition) is 10. The number of phenols is 1. The number of aliphatic hydroxyl groups is 4. The third-order valence-corrected chi connectivity index (χ3v) is 21.0. The Labute approximate surface area is 465 Å². The molecule has 3 heterocycles. The molecule has 79 heavy (non-hydrogen) atoms. The number of piperidine rings is 1. The Bertz CT molecular complexity index is 3150. The van der Waals surface area contributed by atoms with Crippen molar-refractivity contribution in [1.29, 1.82) is 0 Å². The van der Waals surface area contributed by atoms with E-state index in [0.29, 0.717) is 80.0 Å². The van der Waals surface area contributed by atoms with Crippen molar-refractivity contribution in [3.8, 4) is 23.3 Å². The summed E-state index contributed by atoms with van der Waals surface area (Å²) in [6, 6.07) is 18.1. The number of hydrogen-bond acceptors (Lipinski definition) is 12. The number of allylic oxidation sites excluding steroid dienone is 3. The molecule has 1 spiro atoms. The first-order chi connectivity index (χ1) is 38.4. The van der Waals surface area contributed by atoms with E-state index in [9.17, 15) is 30.3 Å². The number of nitrogens with two attached hydrogens (primary N) is 1. The first-order valence-corrected chi connectivity index (χ1v) is 29.7. The van der Waals surface area contributed by atoms with Crippen molar-refractivity contribution >= 4 is 28.4 Å².